The van der Waals surface area contributed by atoms with Crippen molar-refractivity contribution in [3.8, 4) is 0 Å². The molecule has 0 fully saturated rings. The monoisotopic (exact) mass is 296 g/mol. The second kappa shape index (κ2) is 6.07. The third-order valence-electron chi connectivity index (χ3n) is 2.75. The van der Waals surface area contributed by atoms with E-state index in [1.165, 1.54) is 12.3 Å². The molecule has 0 radical (unpaired) electrons. The average molecular weight is 296 g/mol. The molecule has 0 saturated heterocycles. The van der Waals surface area contributed by atoms with Gasteiger partial charge in [0.25, 0.3) is 10.0 Å². The van der Waals surface area contributed by atoms with E-state index in [4.69, 9.17) is 5.73 Å². The van der Waals surface area contributed by atoms with Gasteiger partial charge in [0.05, 0.1) is 0 Å². The first-order valence-corrected chi connectivity index (χ1v) is 7.49. The van der Waals surface area contributed by atoms with Crippen LogP contribution in [0.3, 0.4) is 0 Å². The van der Waals surface area contributed by atoms with Crippen LogP contribution in [0.15, 0.2) is 29.7 Å². The number of rotatable bonds is 6. The highest BCUT2D eigenvalue weighted by molar-refractivity contribution is 7.89. The second-order valence-corrected chi connectivity index (χ2v) is 5.93. The van der Waals surface area contributed by atoms with E-state index in [0.717, 1.165) is 5.56 Å². The summed E-state index contributed by atoms with van der Waals surface area (Å²) in [5.74, 6) is 0.708. The van der Waals surface area contributed by atoms with Crippen molar-refractivity contribution in [2.24, 2.45) is 12.8 Å². The summed E-state index contributed by atoms with van der Waals surface area (Å²) in [7, 11) is -1.81. The quantitative estimate of drug-likeness (QED) is 0.720. The molecule has 0 atom stereocenters. The van der Waals surface area contributed by atoms with E-state index in [-0.39, 0.29) is 11.6 Å². The van der Waals surface area contributed by atoms with Gasteiger partial charge < -0.3 is 10.3 Å². The lowest BCUT2D eigenvalue weighted by Crippen LogP contribution is -2.27. The summed E-state index contributed by atoms with van der Waals surface area (Å²) in [6.07, 6.45) is 3.48. The molecule has 20 heavy (non-hydrogen) atoms. The van der Waals surface area contributed by atoms with Crippen LogP contribution < -0.4 is 10.5 Å². The number of nitrogens with one attached hydrogen (secondary N) is 1. The molecule has 9 heteroatoms. The van der Waals surface area contributed by atoms with Crippen molar-refractivity contribution in [2.45, 2.75) is 18.0 Å². The first-order chi connectivity index (χ1) is 9.53. The van der Waals surface area contributed by atoms with Crippen LogP contribution in [0, 0.1) is 0 Å². The standard InChI is InChI=1S/C11H16N6O2S/c1-17-8-14-16-10(17)4-5-15-20(18,19)11-3-2-9(6-12)7-13-11/h2-3,7-8,15H,4-6,12H2,1H3. The van der Waals surface area contributed by atoms with Crippen LogP contribution >= 0.6 is 0 Å². The van der Waals surface area contributed by atoms with Crippen LogP contribution in [0.1, 0.15) is 11.4 Å². The average Bonchev–Trinajstić information content (AvgIpc) is 2.84. The summed E-state index contributed by atoms with van der Waals surface area (Å²) in [6, 6.07) is 3.08. The third-order valence-corrected chi connectivity index (χ3v) is 4.13. The lowest BCUT2D eigenvalue weighted by molar-refractivity contribution is 0.576. The highest BCUT2D eigenvalue weighted by Crippen LogP contribution is 2.06. The maximum atomic E-state index is 12.0. The zero-order valence-corrected chi connectivity index (χ0v) is 11.8. The van der Waals surface area contributed by atoms with E-state index in [9.17, 15) is 8.42 Å². The molecule has 0 spiro atoms. The lowest BCUT2D eigenvalue weighted by Gasteiger charge is -2.06. The Bertz CT molecular complexity index is 664. The molecule has 0 unspecified atom stereocenters. The summed E-state index contributed by atoms with van der Waals surface area (Å²) in [5, 5.41) is 7.58. The number of nitrogens with two attached hydrogens (primary N) is 1. The number of pyridine rings is 1. The normalized spacial score (nSPS) is 11.7. The minimum Gasteiger partial charge on any atom is -0.326 e. The summed E-state index contributed by atoms with van der Waals surface area (Å²) in [5.41, 5.74) is 6.22. The molecule has 0 aromatic carbocycles. The van der Waals surface area contributed by atoms with E-state index < -0.39 is 10.0 Å². The van der Waals surface area contributed by atoms with Crippen LogP contribution in [0.25, 0.3) is 0 Å². The predicted molar refractivity (Wildman–Crippen MR) is 72.0 cm³/mol. The first-order valence-electron chi connectivity index (χ1n) is 6.00. The summed E-state index contributed by atoms with van der Waals surface area (Å²) >= 11 is 0. The fraction of sp³-hybridized carbons (Fsp3) is 0.364. The van der Waals surface area contributed by atoms with Gasteiger partial charge in [0.2, 0.25) is 0 Å². The van der Waals surface area contributed by atoms with Gasteiger partial charge in [-0.1, -0.05) is 6.07 Å². The van der Waals surface area contributed by atoms with Gasteiger partial charge in [-0.2, -0.15) is 0 Å². The van der Waals surface area contributed by atoms with Gasteiger partial charge in [0, 0.05) is 32.8 Å². The molecule has 0 amide bonds. The van der Waals surface area contributed by atoms with E-state index in [0.29, 0.717) is 18.8 Å². The number of sulfonamides is 1. The molecule has 2 heterocycles. The first kappa shape index (κ1) is 14.6. The van der Waals surface area contributed by atoms with Crippen molar-refractivity contribution in [3.05, 3.63) is 36.0 Å². The lowest BCUT2D eigenvalue weighted by atomic mass is 10.3. The molecule has 3 N–H and O–H groups in total. The van der Waals surface area contributed by atoms with Crippen molar-refractivity contribution in [1.82, 2.24) is 24.5 Å². The fourth-order valence-corrected chi connectivity index (χ4v) is 2.55. The maximum absolute atomic E-state index is 12.0. The van der Waals surface area contributed by atoms with Gasteiger partial charge in [-0.3, -0.25) is 0 Å². The topological polar surface area (TPSA) is 116 Å². The van der Waals surface area contributed by atoms with Crippen LogP contribution in [-0.2, 0) is 30.0 Å². The Labute approximate surface area is 117 Å². The molecule has 2 rings (SSSR count). The number of hydrogen-bond donors (Lipinski definition) is 2. The van der Waals surface area contributed by atoms with Crippen LogP contribution in [0.4, 0.5) is 0 Å². The van der Waals surface area contributed by atoms with Crippen molar-refractivity contribution in [2.75, 3.05) is 6.54 Å². The van der Waals surface area contributed by atoms with Crippen LogP contribution in [-0.4, -0.2) is 34.7 Å². The number of aryl methyl sites for hydroxylation is 1. The van der Waals surface area contributed by atoms with E-state index >= 15 is 0 Å². The van der Waals surface area contributed by atoms with Crippen molar-refractivity contribution >= 4 is 10.0 Å². The molecule has 0 bridgehead atoms. The smallest absolute Gasteiger partial charge is 0.258 e. The van der Waals surface area contributed by atoms with Gasteiger partial charge >= 0.3 is 0 Å². The Hall–Kier alpha value is -1.84. The van der Waals surface area contributed by atoms with Crippen LogP contribution in [0.5, 0.6) is 0 Å². The summed E-state index contributed by atoms with van der Waals surface area (Å²) in [6.45, 7) is 0.558. The highest BCUT2D eigenvalue weighted by atomic mass is 32.2. The van der Waals surface area contributed by atoms with E-state index in [1.54, 1.807) is 24.0 Å². The molecule has 2 aromatic rings. The molecule has 2 aromatic heterocycles. The highest BCUT2D eigenvalue weighted by Gasteiger charge is 2.15. The Balaban J connectivity index is 1.98. The molecule has 108 valence electrons. The largest absolute Gasteiger partial charge is 0.326 e. The molecular formula is C11H16N6O2S. The Morgan fingerprint density at radius 2 is 2.20 bits per heavy atom. The maximum Gasteiger partial charge on any atom is 0.258 e. The summed E-state index contributed by atoms with van der Waals surface area (Å²) < 4.78 is 28.2. The minimum atomic E-state index is -3.61. The molecule has 8 nitrogen and oxygen atoms in total. The Morgan fingerprint density at radius 1 is 1.40 bits per heavy atom. The fourth-order valence-electron chi connectivity index (χ4n) is 1.60. The SMILES string of the molecule is Cn1cnnc1CCNS(=O)(=O)c1ccc(CN)cn1. The van der Waals surface area contributed by atoms with Gasteiger partial charge in [0.15, 0.2) is 5.03 Å². The number of aromatic nitrogens is 4. The van der Waals surface area contributed by atoms with E-state index in [1.807, 2.05) is 0 Å². The predicted octanol–water partition coefficient (Wildman–Crippen LogP) is -0.810. The van der Waals surface area contributed by atoms with Gasteiger partial charge in [-0.05, 0) is 11.6 Å². The molecule has 0 aliphatic rings. The number of hydrogen-bond acceptors (Lipinski definition) is 6. The minimum absolute atomic E-state index is 0.0207. The molecule has 0 saturated carbocycles. The zero-order chi connectivity index (χ0) is 14.6. The summed E-state index contributed by atoms with van der Waals surface area (Å²) in [4.78, 5) is 3.89. The van der Waals surface area contributed by atoms with Crippen molar-refractivity contribution in [3.63, 3.8) is 0 Å². The zero-order valence-electron chi connectivity index (χ0n) is 11.0. The van der Waals surface area contributed by atoms with Gasteiger partial charge in [-0.25, -0.2) is 18.1 Å². The van der Waals surface area contributed by atoms with Crippen molar-refractivity contribution < 1.29 is 8.42 Å². The Morgan fingerprint density at radius 3 is 2.75 bits per heavy atom. The molecule has 0 aliphatic heterocycles. The number of nitrogens with zero attached hydrogens (tertiary/aromatic N) is 4. The Kier molecular flexibility index (Phi) is 4.42. The van der Waals surface area contributed by atoms with Gasteiger partial charge in [0.1, 0.15) is 12.2 Å². The van der Waals surface area contributed by atoms with Gasteiger partial charge in [-0.15, -0.1) is 10.2 Å². The van der Waals surface area contributed by atoms with Crippen molar-refractivity contribution in [1.29, 1.82) is 0 Å². The molecular weight excluding hydrogens is 280 g/mol. The third kappa shape index (κ3) is 3.38. The molecule has 0 aliphatic carbocycles. The van der Waals surface area contributed by atoms with Crippen LogP contribution in [0.2, 0.25) is 0 Å². The second-order valence-electron chi connectivity index (χ2n) is 4.21. The van der Waals surface area contributed by atoms with E-state index in [2.05, 4.69) is 19.9 Å².